The molecule has 0 aliphatic heterocycles. The van der Waals surface area contributed by atoms with E-state index in [1.807, 2.05) is 31.2 Å². The number of allylic oxidation sites excluding steroid dienone is 1. The van der Waals surface area contributed by atoms with Crippen LogP contribution >= 0.6 is 11.6 Å². The van der Waals surface area contributed by atoms with Gasteiger partial charge in [-0.3, -0.25) is 4.21 Å². The molecule has 0 radical (unpaired) electrons. The summed E-state index contributed by atoms with van der Waals surface area (Å²) in [5.74, 6) is 0. The van der Waals surface area contributed by atoms with Crippen LogP contribution < -0.4 is 0 Å². The first kappa shape index (κ1) is 12.5. The Morgan fingerprint density at radius 3 is 2.60 bits per heavy atom. The number of rotatable bonds is 5. The third-order valence-corrected chi connectivity index (χ3v) is 4.22. The summed E-state index contributed by atoms with van der Waals surface area (Å²) in [5, 5.41) is 0. The first-order valence-electron chi connectivity index (χ1n) is 4.87. The number of hydrogen-bond donors (Lipinski definition) is 0. The second-order valence-electron chi connectivity index (χ2n) is 3.39. The first-order valence-corrected chi connectivity index (χ1v) is 6.52. The van der Waals surface area contributed by atoms with Crippen LogP contribution in [0.5, 0.6) is 0 Å². The molecule has 0 saturated carbocycles. The first-order chi connectivity index (χ1) is 7.15. The van der Waals surface area contributed by atoms with Gasteiger partial charge in [-0.2, -0.15) is 0 Å². The summed E-state index contributed by atoms with van der Waals surface area (Å²) < 4.78 is 11.6. The zero-order valence-electron chi connectivity index (χ0n) is 8.78. The fourth-order valence-electron chi connectivity index (χ4n) is 1.18. The zero-order chi connectivity index (χ0) is 11.3. The van der Waals surface area contributed by atoms with Gasteiger partial charge in [0.1, 0.15) is 4.71 Å². The molecule has 1 rings (SSSR count). The molecule has 0 aliphatic rings. The lowest BCUT2D eigenvalue weighted by Gasteiger charge is -2.08. The Morgan fingerprint density at radius 1 is 1.47 bits per heavy atom. The van der Waals surface area contributed by atoms with Crippen LogP contribution in [0.15, 0.2) is 41.8 Å². The molecular formula is C12H15ClOS. The number of halogens is 1. The lowest BCUT2D eigenvalue weighted by atomic mass is 10.2. The smallest absolute Gasteiger partial charge is 0.114 e. The number of alkyl halides is 1. The van der Waals surface area contributed by atoms with E-state index in [4.69, 9.17) is 11.6 Å². The van der Waals surface area contributed by atoms with Crippen LogP contribution in [0.3, 0.4) is 0 Å². The maximum absolute atomic E-state index is 11.9. The summed E-state index contributed by atoms with van der Waals surface area (Å²) >= 11 is 6.04. The minimum atomic E-state index is -1.12. The van der Waals surface area contributed by atoms with E-state index >= 15 is 0 Å². The van der Waals surface area contributed by atoms with Crippen molar-refractivity contribution in [1.29, 1.82) is 0 Å². The maximum atomic E-state index is 11.9. The van der Waals surface area contributed by atoms with Crippen LogP contribution in [-0.2, 0) is 10.8 Å². The molecule has 3 heteroatoms. The molecule has 2 atom stereocenters. The van der Waals surface area contributed by atoms with Gasteiger partial charge in [0.25, 0.3) is 0 Å². The van der Waals surface area contributed by atoms with Gasteiger partial charge in [-0.05, 0) is 31.9 Å². The summed E-state index contributed by atoms with van der Waals surface area (Å²) in [5.41, 5.74) is 1.16. The minimum absolute atomic E-state index is 0.328. The Kier molecular flexibility index (Phi) is 5.06. The Morgan fingerprint density at radius 2 is 2.07 bits per heavy atom. The van der Waals surface area contributed by atoms with Gasteiger partial charge in [0.15, 0.2) is 0 Å². The van der Waals surface area contributed by atoms with E-state index < -0.39 is 10.8 Å². The van der Waals surface area contributed by atoms with Crippen LogP contribution in [0, 0.1) is 6.92 Å². The van der Waals surface area contributed by atoms with Crippen molar-refractivity contribution in [1.82, 2.24) is 0 Å². The normalized spacial score (nSPS) is 14.5. The second kappa shape index (κ2) is 6.09. The maximum Gasteiger partial charge on any atom is 0.114 e. The summed E-state index contributed by atoms with van der Waals surface area (Å²) in [4.78, 5) is 0.796. The molecule has 0 fully saturated rings. The standard InChI is InChI=1S/C12H15ClOS/c1-3-4-5-12(13)15(14)11-8-6-10(2)7-9-11/h3,6-9,12H,1,4-5H2,2H3/t12?,15-/m0/s1. The van der Waals surface area contributed by atoms with Crippen LogP contribution in [0.25, 0.3) is 0 Å². The van der Waals surface area contributed by atoms with Gasteiger partial charge in [-0.15, -0.1) is 18.2 Å². The predicted octanol–water partition coefficient (Wildman–Crippen LogP) is 3.63. The van der Waals surface area contributed by atoms with Gasteiger partial charge in [-0.25, -0.2) is 0 Å². The van der Waals surface area contributed by atoms with E-state index in [0.29, 0.717) is 6.42 Å². The predicted molar refractivity (Wildman–Crippen MR) is 66.7 cm³/mol. The highest BCUT2D eigenvalue weighted by Crippen LogP contribution is 2.18. The van der Waals surface area contributed by atoms with Crippen LogP contribution in [0.1, 0.15) is 18.4 Å². The molecule has 0 aromatic heterocycles. The molecule has 15 heavy (non-hydrogen) atoms. The highest BCUT2D eigenvalue weighted by atomic mass is 35.5. The van der Waals surface area contributed by atoms with Crippen molar-refractivity contribution in [2.75, 3.05) is 0 Å². The molecule has 1 nitrogen and oxygen atoms in total. The summed E-state index contributed by atoms with van der Waals surface area (Å²) in [6, 6.07) is 7.64. The zero-order valence-corrected chi connectivity index (χ0v) is 10.4. The van der Waals surface area contributed by atoms with Crippen LogP contribution in [0.2, 0.25) is 0 Å². The van der Waals surface area contributed by atoms with Crippen LogP contribution in [-0.4, -0.2) is 8.92 Å². The molecule has 1 aromatic carbocycles. The molecule has 0 bridgehead atoms. The molecule has 0 amide bonds. The van der Waals surface area contributed by atoms with Gasteiger partial charge in [0.2, 0.25) is 0 Å². The van der Waals surface area contributed by atoms with Crippen molar-refractivity contribution in [2.45, 2.75) is 29.4 Å². The van der Waals surface area contributed by atoms with E-state index in [0.717, 1.165) is 16.9 Å². The summed E-state index contributed by atoms with van der Waals surface area (Å²) in [6.45, 7) is 5.62. The monoisotopic (exact) mass is 242 g/mol. The lowest BCUT2D eigenvalue weighted by Crippen LogP contribution is -2.07. The Hall–Kier alpha value is -0.600. The van der Waals surface area contributed by atoms with Gasteiger partial charge in [0, 0.05) is 4.90 Å². The molecule has 0 N–H and O–H groups in total. The molecule has 0 saturated heterocycles. The molecule has 0 heterocycles. The van der Waals surface area contributed by atoms with Gasteiger partial charge >= 0.3 is 0 Å². The average Bonchev–Trinajstić information content (AvgIpc) is 2.26. The van der Waals surface area contributed by atoms with Gasteiger partial charge in [0.05, 0.1) is 10.8 Å². The molecule has 1 aromatic rings. The van der Waals surface area contributed by atoms with E-state index in [-0.39, 0.29) is 4.71 Å². The summed E-state index contributed by atoms with van der Waals surface area (Å²) in [7, 11) is -1.12. The van der Waals surface area contributed by atoms with Crippen molar-refractivity contribution in [3.8, 4) is 0 Å². The van der Waals surface area contributed by atoms with E-state index in [2.05, 4.69) is 6.58 Å². The Labute approximate surface area is 98.6 Å². The fourth-order valence-corrected chi connectivity index (χ4v) is 2.66. The SMILES string of the molecule is C=CCCC(Cl)[S@@](=O)c1ccc(C)cc1. The van der Waals surface area contributed by atoms with Gasteiger partial charge < -0.3 is 0 Å². The van der Waals surface area contributed by atoms with Crippen molar-refractivity contribution in [3.63, 3.8) is 0 Å². The van der Waals surface area contributed by atoms with E-state index in [9.17, 15) is 4.21 Å². The third-order valence-electron chi connectivity index (χ3n) is 2.08. The van der Waals surface area contributed by atoms with Crippen molar-refractivity contribution in [2.24, 2.45) is 0 Å². The quantitative estimate of drug-likeness (QED) is 0.569. The van der Waals surface area contributed by atoms with Crippen molar-refractivity contribution in [3.05, 3.63) is 42.5 Å². The third kappa shape index (κ3) is 3.80. The highest BCUT2D eigenvalue weighted by Gasteiger charge is 2.14. The Bertz CT molecular complexity index is 345. The number of hydrogen-bond acceptors (Lipinski definition) is 1. The van der Waals surface area contributed by atoms with Gasteiger partial charge in [-0.1, -0.05) is 23.8 Å². The molecule has 1 unspecified atom stereocenters. The number of benzene rings is 1. The van der Waals surface area contributed by atoms with Crippen LogP contribution in [0.4, 0.5) is 0 Å². The highest BCUT2D eigenvalue weighted by molar-refractivity contribution is 7.87. The van der Waals surface area contributed by atoms with E-state index in [1.165, 1.54) is 0 Å². The average molecular weight is 243 g/mol. The second-order valence-corrected chi connectivity index (χ2v) is 5.81. The Balaban J connectivity index is 2.67. The fraction of sp³-hybridized carbons (Fsp3) is 0.333. The molecule has 82 valence electrons. The molecular weight excluding hydrogens is 228 g/mol. The lowest BCUT2D eigenvalue weighted by molar-refractivity contribution is 0.677. The van der Waals surface area contributed by atoms with E-state index in [1.54, 1.807) is 6.08 Å². The topological polar surface area (TPSA) is 17.1 Å². The largest absolute Gasteiger partial charge is 0.253 e. The van der Waals surface area contributed by atoms with Crippen molar-refractivity contribution >= 4 is 22.4 Å². The summed E-state index contributed by atoms with van der Waals surface area (Å²) in [6.07, 6.45) is 3.29. The number of aryl methyl sites for hydroxylation is 1. The molecule has 0 spiro atoms. The minimum Gasteiger partial charge on any atom is -0.253 e. The molecule has 0 aliphatic carbocycles. The van der Waals surface area contributed by atoms with Crippen molar-refractivity contribution < 1.29 is 4.21 Å².